The zero-order chi connectivity index (χ0) is 11.3. The summed E-state index contributed by atoms with van der Waals surface area (Å²) < 4.78 is 0. The van der Waals surface area contributed by atoms with Crippen molar-refractivity contribution in [1.82, 2.24) is 5.32 Å². The van der Waals surface area contributed by atoms with Crippen molar-refractivity contribution >= 4 is 5.69 Å². The van der Waals surface area contributed by atoms with E-state index in [-0.39, 0.29) is 10.6 Å². The minimum absolute atomic E-state index is 0.188. The fourth-order valence-electron chi connectivity index (χ4n) is 1.27. The summed E-state index contributed by atoms with van der Waals surface area (Å²) in [6, 6.07) is 7.21. The van der Waals surface area contributed by atoms with Crippen molar-refractivity contribution in [2.24, 2.45) is 0 Å². The predicted molar refractivity (Wildman–Crippen MR) is 59.7 cm³/mol. The lowest BCUT2D eigenvalue weighted by molar-refractivity contribution is -0.385. The molecule has 0 heterocycles. The van der Waals surface area contributed by atoms with Crippen molar-refractivity contribution in [2.75, 3.05) is 0 Å². The lowest BCUT2D eigenvalue weighted by Crippen LogP contribution is -2.24. The zero-order valence-corrected chi connectivity index (χ0v) is 9.06. The number of nitro benzene ring substituents is 1. The molecule has 1 aromatic carbocycles. The fourth-order valence-corrected chi connectivity index (χ4v) is 1.27. The Kier molecular flexibility index (Phi) is 4.24. The van der Waals surface area contributed by atoms with Gasteiger partial charge in [-0.2, -0.15) is 0 Å². The van der Waals surface area contributed by atoms with Gasteiger partial charge in [0.05, 0.1) is 4.92 Å². The smallest absolute Gasteiger partial charge is 0.273 e. The first-order chi connectivity index (χ1) is 7.15. The van der Waals surface area contributed by atoms with Crippen LogP contribution in [0.25, 0.3) is 0 Å². The van der Waals surface area contributed by atoms with Gasteiger partial charge in [0.15, 0.2) is 0 Å². The van der Waals surface area contributed by atoms with Crippen LogP contribution >= 0.6 is 0 Å². The van der Waals surface area contributed by atoms with Crippen LogP contribution in [-0.4, -0.2) is 11.0 Å². The van der Waals surface area contributed by atoms with Gasteiger partial charge >= 0.3 is 0 Å². The number of rotatable bonds is 5. The standard InChI is InChI=1S/C11H16N2O2/c1-3-9(2)12-8-10-6-4-5-7-11(10)13(14)15/h4-7,9,12H,3,8H2,1-2H3/t9-/m0/s1. The summed E-state index contributed by atoms with van der Waals surface area (Å²) in [5.41, 5.74) is 0.927. The number of benzene rings is 1. The second-order valence-electron chi connectivity index (χ2n) is 3.58. The second-order valence-corrected chi connectivity index (χ2v) is 3.58. The molecular weight excluding hydrogens is 192 g/mol. The lowest BCUT2D eigenvalue weighted by Gasteiger charge is -2.10. The topological polar surface area (TPSA) is 55.2 Å². The van der Waals surface area contributed by atoms with E-state index in [2.05, 4.69) is 19.2 Å². The van der Waals surface area contributed by atoms with Crippen molar-refractivity contribution in [2.45, 2.75) is 32.9 Å². The molecule has 0 saturated carbocycles. The molecule has 0 saturated heterocycles. The Hall–Kier alpha value is -1.42. The van der Waals surface area contributed by atoms with Gasteiger partial charge in [-0.05, 0) is 13.3 Å². The Labute approximate surface area is 89.5 Å². The molecule has 1 atom stereocenters. The van der Waals surface area contributed by atoms with Gasteiger partial charge in [0.25, 0.3) is 5.69 Å². The fraction of sp³-hybridized carbons (Fsp3) is 0.455. The molecule has 4 nitrogen and oxygen atoms in total. The van der Waals surface area contributed by atoms with E-state index in [0.29, 0.717) is 12.6 Å². The molecule has 1 rings (SSSR count). The monoisotopic (exact) mass is 208 g/mol. The maximum atomic E-state index is 10.7. The second kappa shape index (κ2) is 5.46. The minimum Gasteiger partial charge on any atom is -0.310 e. The van der Waals surface area contributed by atoms with Crippen LogP contribution in [0.4, 0.5) is 5.69 Å². The molecule has 0 aliphatic carbocycles. The number of hydrogen-bond acceptors (Lipinski definition) is 3. The molecule has 4 heteroatoms. The SMILES string of the molecule is CC[C@H](C)NCc1ccccc1[N+](=O)[O-]. The lowest BCUT2D eigenvalue weighted by atomic mass is 10.1. The molecule has 0 amide bonds. The Morgan fingerprint density at radius 1 is 1.47 bits per heavy atom. The van der Waals surface area contributed by atoms with E-state index in [9.17, 15) is 10.1 Å². The van der Waals surface area contributed by atoms with Crippen molar-refractivity contribution in [3.63, 3.8) is 0 Å². The quantitative estimate of drug-likeness (QED) is 0.597. The summed E-state index contributed by atoms with van der Waals surface area (Å²) in [6.45, 7) is 4.69. The molecule has 0 unspecified atom stereocenters. The maximum absolute atomic E-state index is 10.7. The maximum Gasteiger partial charge on any atom is 0.273 e. The van der Waals surface area contributed by atoms with Crippen molar-refractivity contribution < 1.29 is 4.92 Å². The molecule has 0 radical (unpaired) electrons. The van der Waals surface area contributed by atoms with Gasteiger partial charge in [-0.3, -0.25) is 10.1 Å². The van der Waals surface area contributed by atoms with Gasteiger partial charge in [-0.15, -0.1) is 0 Å². The highest BCUT2D eigenvalue weighted by Crippen LogP contribution is 2.17. The summed E-state index contributed by atoms with van der Waals surface area (Å²) in [6.07, 6.45) is 1.01. The average Bonchev–Trinajstić information content (AvgIpc) is 2.26. The van der Waals surface area contributed by atoms with Crippen LogP contribution in [0.3, 0.4) is 0 Å². The molecule has 0 spiro atoms. The molecule has 82 valence electrons. The highest BCUT2D eigenvalue weighted by molar-refractivity contribution is 5.39. The van der Waals surface area contributed by atoms with Gasteiger partial charge in [-0.25, -0.2) is 0 Å². The van der Waals surface area contributed by atoms with E-state index in [1.54, 1.807) is 12.1 Å². The van der Waals surface area contributed by atoms with E-state index in [1.807, 2.05) is 6.07 Å². The highest BCUT2D eigenvalue weighted by atomic mass is 16.6. The normalized spacial score (nSPS) is 12.4. The van der Waals surface area contributed by atoms with E-state index < -0.39 is 0 Å². The molecule has 15 heavy (non-hydrogen) atoms. The molecule has 0 aliphatic rings. The van der Waals surface area contributed by atoms with E-state index in [1.165, 1.54) is 6.07 Å². The van der Waals surface area contributed by atoms with Crippen LogP contribution < -0.4 is 5.32 Å². The minimum atomic E-state index is -0.340. The van der Waals surface area contributed by atoms with Gasteiger partial charge in [0.1, 0.15) is 0 Å². The van der Waals surface area contributed by atoms with E-state index >= 15 is 0 Å². The zero-order valence-electron chi connectivity index (χ0n) is 9.06. The number of hydrogen-bond donors (Lipinski definition) is 1. The van der Waals surface area contributed by atoms with Gasteiger partial charge < -0.3 is 5.32 Å². The summed E-state index contributed by atoms with van der Waals surface area (Å²) in [5, 5.41) is 14.0. The Morgan fingerprint density at radius 2 is 2.13 bits per heavy atom. The third kappa shape index (κ3) is 3.32. The molecule has 0 aromatic heterocycles. The van der Waals surface area contributed by atoms with Crippen molar-refractivity contribution in [3.05, 3.63) is 39.9 Å². The summed E-state index contributed by atoms with van der Waals surface area (Å²) >= 11 is 0. The van der Waals surface area contributed by atoms with E-state index in [4.69, 9.17) is 0 Å². The molecule has 0 bridgehead atoms. The first-order valence-corrected chi connectivity index (χ1v) is 5.10. The average molecular weight is 208 g/mol. The first-order valence-electron chi connectivity index (χ1n) is 5.10. The molecule has 1 aromatic rings. The molecule has 0 aliphatic heterocycles. The van der Waals surface area contributed by atoms with Gasteiger partial charge in [0, 0.05) is 24.2 Å². The third-order valence-corrected chi connectivity index (χ3v) is 2.44. The highest BCUT2D eigenvalue weighted by Gasteiger charge is 2.11. The number of nitrogens with zero attached hydrogens (tertiary/aromatic N) is 1. The first kappa shape index (κ1) is 11.7. The van der Waals surface area contributed by atoms with Crippen LogP contribution in [-0.2, 0) is 6.54 Å². The van der Waals surface area contributed by atoms with E-state index in [0.717, 1.165) is 12.0 Å². The number of nitrogens with one attached hydrogen (secondary N) is 1. The Balaban J connectivity index is 2.72. The van der Waals surface area contributed by atoms with Crippen LogP contribution in [0.15, 0.2) is 24.3 Å². The largest absolute Gasteiger partial charge is 0.310 e. The van der Waals surface area contributed by atoms with Crippen molar-refractivity contribution in [1.29, 1.82) is 0 Å². The number of para-hydroxylation sites is 1. The number of nitro groups is 1. The third-order valence-electron chi connectivity index (χ3n) is 2.44. The summed E-state index contributed by atoms with van der Waals surface area (Å²) in [5.74, 6) is 0. The van der Waals surface area contributed by atoms with Crippen molar-refractivity contribution in [3.8, 4) is 0 Å². The summed E-state index contributed by atoms with van der Waals surface area (Å²) in [7, 11) is 0. The van der Waals surface area contributed by atoms with Crippen LogP contribution in [0.2, 0.25) is 0 Å². The Morgan fingerprint density at radius 3 is 2.73 bits per heavy atom. The van der Waals surface area contributed by atoms with Crippen LogP contribution in [0.1, 0.15) is 25.8 Å². The molecule has 1 N–H and O–H groups in total. The predicted octanol–water partition coefficient (Wildman–Crippen LogP) is 2.48. The molecular formula is C11H16N2O2. The Bertz CT molecular complexity index is 339. The van der Waals surface area contributed by atoms with Crippen LogP contribution in [0.5, 0.6) is 0 Å². The van der Waals surface area contributed by atoms with Crippen LogP contribution in [0, 0.1) is 10.1 Å². The molecule has 0 fully saturated rings. The summed E-state index contributed by atoms with van der Waals surface area (Å²) in [4.78, 5) is 10.4. The van der Waals surface area contributed by atoms with Gasteiger partial charge in [0.2, 0.25) is 0 Å². The van der Waals surface area contributed by atoms with Gasteiger partial charge in [-0.1, -0.05) is 25.1 Å².